The lowest BCUT2D eigenvalue weighted by atomic mass is 10.1. The Bertz CT molecular complexity index is 480. The number of nitrogens with one attached hydrogen (secondary N) is 1. The summed E-state index contributed by atoms with van der Waals surface area (Å²) in [5, 5.41) is 0. The molecule has 0 saturated carbocycles. The fourth-order valence-electron chi connectivity index (χ4n) is 2.69. The van der Waals surface area contributed by atoms with Gasteiger partial charge >= 0.3 is 0 Å². The van der Waals surface area contributed by atoms with E-state index in [9.17, 15) is 4.79 Å². The van der Waals surface area contributed by atoms with Crippen LogP contribution < -0.4 is 11.3 Å². The highest BCUT2D eigenvalue weighted by Crippen LogP contribution is 2.29. The maximum absolute atomic E-state index is 12.7. The van der Waals surface area contributed by atoms with E-state index in [1.165, 1.54) is 0 Å². The molecule has 0 aliphatic carbocycles. The number of rotatable bonds is 3. The van der Waals surface area contributed by atoms with Gasteiger partial charge in [-0.3, -0.25) is 4.79 Å². The number of hydrogen-bond acceptors (Lipinski definition) is 4. The lowest BCUT2D eigenvalue weighted by molar-refractivity contribution is 0.0677. The average Bonchev–Trinajstić information content (AvgIpc) is 2.79. The third kappa shape index (κ3) is 2.74. The molecule has 0 aromatic carbocycles. The minimum atomic E-state index is -0.00130. The number of hydrazine groups is 1. The highest BCUT2D eigenvalue weighted by molar-refractivity contribution is 9.10. The molecule has 0 radical (unpaired) electrons. The lowest BCUT2D eigenvalue weighted by Crippen LogP contribution is -2.40. The molecular weight excluding hydrogens is 308 g/mol. The van der Waals surface area contributed by atoms with Crippen molar-refractivity contribution in [1.82, 2.24) is 9.88 Å². The van der Waals surface area contributed by atoms with Gasteiger partial charge in [0.1, 0.15) is 0 Å². The van der Waals surface area contributed by atoms with Gasteiger partial charge in [0.05, 0.1) is 5.56 Å². The second-order valence-corrected chi connectivity index (χ2v) is 5.81. The molecule has 104 valence electrons. The molecule has 2 unspecified atom stereocenters. The van der Waals surface area contributed by atoms with E-state index < -0.39 is 0 Å². The molecular formula is C13H19BrN4O. The van der Waals surface area contributed by atoms with Gasteiger partial charge in [0.25, 0.3) is 5.91 Å². The Kier molecular flexibility index (Phi) is 4.42. The molecule has 0 spiro atoms. The Hall–Kier alpha value is -1.14. The van der Waals surface area contributed by atoms with Crippen LogP contribution in [0.25, 0.3) is 0 Å². The van der Waals surface area contributed by atoms with E-state index in [2.05, 4.69) is 40.2 Å². The van der Waals surface area contributed by atoms with Crippen molar-refractivity contribution >= 4 is 27.7 Å². The van der Waals surface area contributed by atoms with E-state index in [-0.39, 0.29) is 11.9 Å². The molecule has 1 aliphatic rings. The zero-order valence-electron chi connectivity index (χ0n) is 11.2. The van der Waals surface area contributed by atoms with Gasteiger partial charge in [-0.05, 0) is 48.2 Å². The van der Waals surface area contributed by atoms with Gasteiger partial charge in [-0.2, -0.15) is 0 Å². The zero-order chi connectivity index (χ0) is 14.0. The number of hydrogen-bond donors (Lipinski definition) is 2. The molecule has 5 nitrogen and oxygen atoms in total. The number of carbonyl (C=O) groups excluding carboxylic acids is 1. The highest BCUT2D eigenvalue weighted by atomic mass is 79.9. The number of carbonyl (C=O) groups is 1. The molecule has 0 bridgehead atoms. The highest BCUT2D eigenvalue weighted by Gasteiger charge is 2.34. The quantitative estimate of drug-likeness (QED) is 0.661. The normalized spacial score (nSPS) is 22.6. The third-order valence-corrected chi connectivity index (χ3v) is 4.15. The molecule has 3 N–H and O–H groups in total. The smallest absolute Gasteiger partial charge is 0.258 e. The number of pyridine rings is 1. The Morgan fingerprint density at radius 3 is 3.00 bits per heavy atom. The van der Waals surface area contributed by atoms with Crippen LogP contribution in [0, 0.1) is 0 Å². The summed E-state index contributed by atoms with van der Waals surface area (Å²) in [5.74, 6) is 5.86. The fourth-order valence-corrected chi connectivity index (χ4v) is 3.03. The summed E-state index contributed by atoms with van der Waals surface area (Å²) in [6, 6.07) is 2.34. The van der Waals surface area contributed by atoms with E-state index in [0.29, 0.717) is 17.4 Å². The molecule has 2 rings (SSSR count). The predicted octanol–water partition coefficient (Wildman–Crippen LogP) is 2.53. The van der Waals surface area contributed by atoms with E-state index >= 15 is 0 Å². The third-order valence-electron chi connectivity index (χ3n) is 3.71. The largest absolute Gasteiger partial charge is 0.333 e. The van der Waals surface area contributed by atoms with Gasteiger partial charge < -0.3 is 10.3 Å². The van der Waals surface area contributed by atoms with Gasteiger partial charge in [0.2, 0.25) is 0 Å². The molecule has 19 heavy (non-hydrogen) atoms. The number of nitrogens with zero attached hydrogens (tertiary/aromatic N) is 2. The first-order valence-corrected chi connectivity index (χ1v) is 7.32. The van der Waals surface area contributed by atoms with Gasteiger partial charge in [-0.15, -0.1) is 0 Å². The summed E-state index contributed by atoms with van der Waals surface area (Å²) in [5.41, 5.74) is 3.01. The summed E-state index contributed by atoms with van der Waals surface area (Å²) >= 11 is 3.35. The van der Waals surface area contributed by atoms with Crippen LogP contribution in [0.5, 0.6) is 0 Å². The fraction of sp³-hybridized carbons (Fsp3) is 0.538. The maximum atomic E-state index is 12.7. The first-order valence-electron chi connectivity index (χ1n) is 6.53. The number of nitrogen functional groups attached to an aromatic ring is 1. The van der Waals surface area contributed by atoms with Gasteiger partial charge in [-0.25, -0.2) is 10.8 Å². The Morgan fingerprint density at radius 1 is 1.63 bits per heavy atom. The number of halogens is 1. The lowest BCUT2D eigenvalue weighted by Gasteiger charge is -2.28. The SMILES string of the molecule is CCC1CCC(C)N1C(=O)c1cc(Br)cnc1NN. The minimum absolute atomic E-state index is 0.00130. The van der Waals surface area contributed by atoms with Crippen LogP contribution in [0.1, 0.15) is 43.5 Å². The van der Waals surface area contributed by atoms with Crippen LogP contribution in [-0.4, -0.2) is 27.9 Å². The Morgan fingerprint density at radius 2 is 2.37 bits per heavy atom. The molecule has 1 aromatic heterocycles. The molecule has 2 atom stereocenters. The Labute approximate surface area is 121 Å². The summed E-state index contributed by atoms with van der Waals surface area (Å²) in [6.45, 7) is 4.21. The first-order chi connectivity index (χ1) is 9.08. The van der Waals surface area contributed by atoms with Crippen molar-refractivity contribution in [2.75, 3.05) is 5.43 Å². The topological polar surface area (TPSA) is 71.2 Å². The van der Waals surface area contributed by atoms with Gasteiger partial charge in [-0.1, -0.05) is 6.92 Å². The van der Waals surface area contributed by atoms with Crippen molar-refractivity contribution < 1.29 is 4.79 Å². The van der Waals surface area contributed by atoms with Crippen LogP contribution in [0.15, 0.2) is 16.7 Å². The van der Waals surface area contributed by atoms with E-state index in [1.807, 2.05) is 4.90 Å². The van der Waals surface area contributed by atoms with E-state index in [4.69, 9.17) is 5.84 Å². The number of aromatic nitrogens is 1. The van der Waals surface area contributed by atoms with E-state index in [1.54, 1.807) is 12.3 Å². The first kappa shape index (κ1) is 14.3. The van der Waals surface area contributed by atoms with Crippen LogP contribution >= 0.6 is 15.9 Å². The maximum Gasteiger partial charge on any atom is 0.258 e. The van der Waals surface area contributed by atoms with Crippen molar-refractivity contribution in [1.29, 1.82) is 0 Å². The van der Waals surface area contributed by atoms with Crippen LogP contribution in [0.3, 0.4) is 0 Å². The number of amides is 1. The van der Waals surface area contributed by atoms with Crippen molar-refractivity contribution in [3.63, 3.8) is 0 Å². The van der Waals surface area contributed by atoms with Crippen molar-refractivity contribution in [2.45, 2.75) is 45.2 Å². The van der Waals surface area contributed by atoms with Crippen LogP contribution in [0.4, 0.5) is 5.82 Å². The molecule has 1 fully saturated rings. The number of likely N-dealkylation sites (tertiary alicyclic amines) is 1. The second-order valence-electron chi connectivity index (χ2n) is 4.89. The minimum Gasteiger partial charge on any atom is -0.333 e. The molecule has 1 saturated heterocycles. The monoisotopic (exact) mass is 326 g/mol. The summed E-state index contributed by atoms with van der Waals surface area (Å²) < 4.78 is 0.773. The zero-order valence-corrected chi connectivity index (χ0v) is 12.8. The molecule has 2 heterocycles. The number of nitrogens with two attached hydrogens (primary N) is 1. The molecule has 1 aliphatic heterocycles. The molecule has 6 heteroatoms. The summed E-state index contributed by atoms with van der Waals surface area (Å²) in [4.78, 5) is 18.8. The molecule has 1 aromatic rings. The van der Waals surface area contributed by atoms with Gasteiger partial charge in [0, 0.05) is 22.8 Å². The van der Waals surface area contributed by atoms with Crippen molar-refractivity contribution in [3.8, 4) is 0 Å². The summed E-state index contributed by atoms with van der Waals surface area (Å²) in [7, 11) is 0. The van der Waals surface area contributed by atoms with Crippen molar-refractivity contribution in [2.24, 2.45) is 5.84 Å². The predicted molar refractivity (Wildman–Crippen MR) is 78.7 cm³/mol. The van der Waals surface area contributed by atoms with Crippen LogP contribution in [0.2, 0.25) is 0 Å². The van der Waals surface area contributed by atoms with Crippen molar-refractivity contribution in [3.05, 3.63) is 22.3 Å². The summed E-state index contributed by atoms with van der Waals surface area (Å²) in [6.07, 6.45) is 4.72. The molecule has 1 amide bonds. The Balaban J connectivity index is 2.35. The average molecular weight is 327 g/mol. The van der Waals surface area contributed by atoms with Crippen LogP contribution in [-0.2, 0) is 0 Å². The standard InChI is InChI=1S/C13H19BrN4O/c1-3-10-5-4-8(2)18(10)13(19)11-6-9(14)7-16-12(11)17-15/h6-8,10H,3-5,15H2,1-2H3,(H,16,17). The number of anilines is 1. The second kappa shape index (κ2) is 5.88. The van der Waals surface area contributed by atoms with E-state index in [0.717, 1.165) is 23.7 Å². The van der Waals surface area contributed by atoms with Gasteiger partial charge in [0.15, 0.2) is 5.82 Å².